The molecule has 0 amide bonds. The van der Waals surface area contributed by atoms with E-state index in [1.54, 1.807) is 13.8 Å². The summed E-state index contributed by atoms with van der Waals surface area (Å²) in [5.41, 5.74) is -52.5. The van der Waals surface area contributed by atoms with Crippen molar-refractivity contribution in [2.75, 3.05) is 0 Å². The molecule has 8 rings (SSSR count). The molecule has 0 aliphatic heterocycles. The van der Waals surface area contributed by atoms with E-state index in [0.717, 1.165) is 20.8 Å². The molecule has 8 aromatic carbocycles. The van der Waals surface area contributed by atoms with Crippen molar-refractivity contribution in [1.82, 2.24) is 0 Å². The number of benzene rings is 8. The molecular weight excluding hydrogens is 1210 g/mol. The van der Waals surface area contributed by atoms with Crippen LogP contribution in [0.25, 0.3) is 0 Å². The first-order valence-corrected chi connectivity index (χ1v) is 28.8. The van der Waals surface area contributed by atoms with Gasteiger partial charge in [-0.1, -0.05) is 418 Å². The van der Waals surface area contributed by atoms with Gasteiger partial charge in [-0.3, -0.25) is 0 Å². The van der Waals surface area contributed by atoms with Gasteiger partial charge in [0.1, 0.15) is 0 Å². The molecule has 0 saturated carbocycles. The number of hydrogen-bond acceptors (Lipinski definition) is 0. The standard InChI is InChI=1S/C19H32.C15H24.C12H18.5C11H16/c1-13-15(18(5,6)7)11-14(17(2,3)4)12-16(13)19(8,9)10;1-11-8-12(14(2,3)4)10-13(9-11)15(5,6)7;1-9-7-6-8-11(10(9)2)12(3,4)5;1-9-5-7-10(8-6-9)11(2,3)4;2*1-9-6-5-7-10(8-9)11(2,3)4;2*1-9-7-5-6-8-10(9)11(2,3)4/h11-12H,1-10H3;8-10H,1-7H3;6-8H,1-5H3;5*5-8H,1-4H3/i2D3,3D3,4D3,5D3,6D3,7D3,8D3,9D3,10D3,11D,12D;2D3,3D3,4D3,5D3,6D3,7D3,8D,9D,10D;1D3,3D3,4D3,5D3,6D,7D,8D;2*2D3,3D3,4D3,5D,6D,7D,8D;5D,6D,7D,8D;2D3,3D3,4D3,5D,6D,7D,8D;5D,6D,7D,8D. The van der Waals surface area contributed by atoms with Crippen LogP contribution >= 0.6 is 0 Å². The van der Waals surface area contributed by atoms with Gasteiger partial charge in [-0.2, -0.15) is 0 Å². The van der Waals surface area contributed by atoms with Crippen molar-refractivity contribution in [1.29, 1.82) is 0 Å². The van der Waals surface area contributed by atoms with Gasteiger partial charge in [-0.25, -0.2) is 0 Å². The zero-order valence-electron chi connectivity index (χ0n) is 170. The van der Waals surface area contributed by atoms with Crippen molar-refractivity contribution in [2.24, 2.45) is 0 Å². The van der Waals surface area contributed by atoms with Gasteiger partial charge >= 0.3 is 0 Å². The lowest BCUT2D eigenvalue weighted by Gasteiger charge is -2.32. The Morgan fingerprint density at radius 3 is 0.871 bits per heavy atom. The molecule has 0 N–H and O–H groups in total. The lowest BCUT2D eigenvalue weighted by Crippen LogP contribution is -2.23. The highest BCUT2D eigenvalue weighted by molar-refractivity contribution is 5.47. The first kappa shape index (κ1) is 19.5. The molecule has 8 aromatic rings. The molecule has 0 spiro atoms. The Labute approximate surface area is 785 Å². The van der Waals surface area contributed by atoms with Crippen molar-refractivity contribution in [3.8, 4) is 0 Å². The first-order valence-electron chi connectivity index (χ1n) is 84.8. The summed E-state index contributed by atoms with van der Waals surface area (Å²) in [6.07, 6.45) is 0. The van der Waals surface area contributed by atoms with E-state index >= 15 is 0 Å². The van der Waals surface area contributed by atoms with Crippen LogP contribution in [0, 0.1) is 62.2 Å². The second kappa shape index (κ2) is 37.0. The highest BCUT2D eigenvalue weighted by Crippen LogP contribution is 2.39. The average molecular weight is 1480 g/mol. The Morgan fingerprint density at radius 2 is 0.495 bits per heavy atom. The maximum Gasteiger partial charge on any atom is 0.0629 e. The van der Waals surface area contributed by atoms with E-state index < -0.39 is 439 Å². The van der Waals surface area contributed by atoms with Gasteiger partial charge in [0, 0.05) is 115 Å². The van der Waals surface area contributed by atoms with Gasteiger partial charge in [-0.15, -0.1) is 0 Å². The molecule has 101 heavy (non-hydrogen) atoms. The van der Waals surface area contributed by atoms with E-state index in [4.69, 9.17) is 154 Å². The van der Waals surface area contributed by atoms with Crippen LogP contribution in [0.2, 0.25) is 0 Å². The van der Waals surface area contributed by atoms with E-state index in [1.165, 1.54) is 13.8 Å². The smallest absolute Gasteiger partial charge is 0.0620 e. The third kappa shape index (κ3) is 33.4. The van der Waals surface area contributed by atoms with Crippen molar-refractivity contribution >= 4 is 0 Å². The maximum absolute atomic E-state index is 8.95. The molecule has 0 aromatic heterocycles. The Morgan fingerprint density at radius 1 is 0.198 bits per heavy atom. The molecule has 0 unspecified atom stereocenters. The number of hydrogen-bond donors (Lipinski definition) is 0. The molecule has 0 aliphatic rings. The monoisotopic (exact) mass is 1480 g/mol. The fourth-order valence-electron chi connectivity index (χ4n) is 7.22. The van der Waals surface area contributed by atoms with Gasteiger partial charge in [0.2, 0.25) is 0 Å². The second-order valence-corrected chi connectivity index (χ2v) is 24.2. The van der Waals surface area contributed by atoms with E-state index in [2.05, 4.69) is 0 Å². The highest BCUT2D eigenvalue weighted by atomic mass is 14.3. The summed E-state index contributed by atoms with van der Waals surface area (Å²) in [7, 11) is 0. The highest BCUT2D eigenvalue weighted by Gasteiger charge is 2.28. The summed E-state index contributed by atoms with van der Waals surface area (Å²) >= 11 is 0. The van der Waals surface area contributed by atoms with Crippen LogP contribution < -0.4 is 0 Å². The maximum atomic E-state index is 8.95. The molecule has 558 valence electrons. The Kier molecular flexibility index (Phi) is 7.13. The predicted octanol–water partition coefficient (Wildman–Crippen LogP) is 30.5. The molecule has 0 saturated heterocycles. The molecule has 0 aliphatic carbocycles. The largest absolute Gasteiger partial charge is 0.0629 e. The van der Waals surface area contributed by atoms with Gasteiger partial charge < -0.3 is 0 Å². The van der Waals surface area contributed by atoms with Crippen LogP contribution in [0.5, 0.6) is 0 Å². The van der Waals surface area contributed by atoms with E-state index in [-0.39, 0.29) is 70.3 Å². The second-order valence-electron chi connectivity index (χ2n) is 24.2. The van der Waals surface area contributed by atoms with Crippen LogP contribution in [0.15, 0.2) is 169 Å². The number of rotatable bonds is 0. The molecule has 0 nitrogen and oxygen atoms in total. The Hall–Kier alpha value is -6.24. The van der Waals surface area contributed by atoms with Gasteiger partial charge in [0.05, 0.1) is 38.4 Å². The van der Waals surface area contributed by atoms with Crippen LogP contribution in [-0.4, -0.2) is 0 Å². The topological polar surface area (TPSA) is 0 Å². The van der Waals surface area contributed by atoms with E-state index in [1.807, 2.05) is 41.5 Å². The fourth-order valence-corrected chi connectivity index (χ4v) is 7.22. The van der Waals surface area contributed by atoms with Crippen LogP contribution in [0.3, 0.4) is 0 Å². The summed E-state index contributed by atoms with van der Waals surface area (Å²) in [5.74, 6) is 0. The lowest BCUT2D eigenvalue weighted by molar-refractivity contribution is 0.542. The molecule has 0 atom stereocenters. The minimum atomic E-state index is -4.63. The zero-order valence-corrected chi connectivity index (χ0v) is 57.5. The molecule has 0 radical (unpaired) electrons. The SMILES string of the molecule is [2H]c1c(C(C([2H])([2H])[2H])(C([2H])([2H])[2H])C([2H])([2H])[2H])c([2H])c(C(C([2H])([2H])[2H])(C([2H])([2H])[2H])C([2H])([2H])[2H])c(C)c1C(C([2H])([2H])[2H])(C([2H])([2H])[2H])C([2H])([2H])[2H].[2H]c1c(C)c([2H])c(C(C([2H])([2H])[2H])(C([2H])([2H])[2H])C([2H])([2H])[2H])c([2H])c1C(C([2H])([2H])[2H])(C([2H])([2H])[2H])C([2H])([2H])[2H].[2H]c1c([2H])c(C(C([2H])([2H])[2H])(C([2H])([2H])[2H])C([2H])([2H])[2H])c([2H])c([2H])c1C.[2H]c1c([2H])c(C([2H])([2H])[2H])c(C)c(C(C([2H])([2H])[2H])(C([2H])([2H])[2H])C([2H])([2H])[2H])c1[2H].[2H]c1c([2H])c(C)c([2H])c(C(C([2H])([2H])[2H])(C([2H])([2H])[2H])C([2H])([2H])[2H])c1[2H].[2H]c1c([2H])c(C)c([2H])c(C(C)(C)C)c1[2H].[2H]c1c([2H])c([2H])c(C(C([2H])([2H])[2H])(C([2H])([2H])[2H])C([2H])([2H])[2H])c(C)c1[2H].[2H]c1c([2H])c([2H])c(C(C)(C)C)c(C)c1[2H]. The molecule has 0 bridgehead atoms. The summed E-state index contributed by atoms with van der Waals surface area (Å²) in [6.45, 7) is -90.1. The third-order valence-corrected chi connectivity index (χ3v) is 12.1. The normalized spacial score (nSPS) is 31.9. The van der Waals surface area contributed by atoms with Crippen molar-refractivity contribution < 1.29 is 154 Å². The minimum Gasteiger partial charge on any atom is -0.0620 e. The zero-order chi connectivity index (χ0) is 173. The van der Waals surface area contributed by atoms with Crippen molar-refractivity contribution in [3.05, 3.63) is 280 Å². The molecule has 0 heteroatoms. The molecule has 0 heterocycles. The van der Waals surface area contributed by atoms with Crippen LogP contribution in [-0.2, 0) is 59.6 Å². The van der Waals surface area contributed by atoms with E-state index in [9.17, 15) is 0 Å². The predicted molar refractivity (Wildman–Crippen MR) is 460 cm³/mol. The third-order valence-electron chi connectivity index (χ3n) is 12.1. The lowest BCUT2D eigenvalue weighted by atomic mass is 9.73. The van der Waals surface area contributed by atoms with Crippen LogP contribution in [0.1, 0.15) is 491 Å². The van der Waals surface area contributed by atoms with Gasteiger partial charge in [0.25, 0.3) is 0 Å². The Balaban J connectivity index is 0.00000125. The summed E-state index contributed by atoms with van der Waals surface area (Å²) in [6, 6.07) is -21.3. The fraction of sp³-hybridized carbons (Fsp3) is 0.525. The van der Waals surface area contributed by atoms with Gasteiger partial charge in [-0.05, 0) is 211 Å². The summed E-state index contributed by atoms with van der Waals surface area (Å²) in [5, 5.41) is 0. The van der Waals surface area contributed by atoms with Crippen molar-refractivity contribution in [2.45, 2.75) is 348 Å². The molecule has 0 fully saturated rings. The average Bonchev–Trinajstić information content (AvgIpc) is 0.655. The summed E-state index contributed by atoms with van der Waals surface area (Å²) < 4.78 is 881. The molecular formula is C101H154. The summed E-state index contributed by atoms with van der Waals surface area (Å²) in [4.78, 5) is 0. The van der Waals surface area contributed by atoms with Crippen molar-refractivity contribution in [3.63, 3.8) is 0 Å². The van der Waals surface area contributed by atoms with Gasteiger partial charge in [0.15, 0.2) is 0 Å². The minimum absolute atomic E-state index is 0.00185. The van der Waals surface area contributed by atoms with E-state index in [0.29, 0.717) is 29.2 Å². The quantitative estimate of drug-likeness (QED) is 0.142. The first-order chi connectivity index (χ1) is 92.0. The Bertz CT molecular complexity index is 7680. The van der Waals surface area contributed by atoms with Crippen LogP contribution in [0.4, 0.5) is 0 Å².